The second kappa shape index (κ2) is 14.2. The third-order valence-electron chi connectivity index (χ3n) is 9.73. The zero-order valence-electron chi connectivity index (χ0n) is 28.1. The van der Waals surface area contributed by atoms with E-state index in [4.69, 9.17) is 14.2 Å². The number of carbonyl (C=O) groups excluding carboxylic acids is 2. The van der Waals surface area contributed by atoms with Gasteiger partial charge in [-0.3, -0.25) is 9.69 Å². The van der Waals surface area contributed by atoms with Gasteiger partial charge in [0, 0.05) is 92.6 Å². The van der Waals surface area contributed by atoms with Gasteiger partial charge in [-0.25, -0.2) is 4.79 Å². The van der Waals surface area contributed by atoms with E-state index >= 15 is 0 Å². The molecule has 0 aliphatic carbocycles. The number of nitrogens with one attached hydrogen (secondary N) is 1. The molecule has 6 rings (SSSR count). The van der Waals surface area contributed by atoms with Crippen molar-refractivity contribution < 1.29 is 23.8 Å². The van der Waals surface area contributed by atoms with E-state index in [0.717, 1.165) is 85.4 Å². The van der Waals surface area contributed by atoms with E-state index in [9.17, 15) is 9.59 Å². The van der Waals surface area contributed by atoms with E-state index in [1.54, 1.807) is 0 Å². The maximum atomic E-state index is 14.3. The Bertz CT molecular complexity index is 1520. The highest BCUT2D eigenvalue weighted by atomic mass is 16.5. The number of rotatable bonds is 12. The van der Waals surface area contributed by atoms with Gasteiger partial charge < -0.3 is 34.2 Å². The quantitative estimate of drug-likeness (QED) is 0.286. The van der Waals surface area contributed by atoms with Gasteiger partial charge in [-0.05, 0) is 51.5 Å². The lowest BCUT2D eigenvalue weighted by molar-refractivity contribution is 0.0380. The van der Waals surface area contributed by atoms with Crippen LogP contribution in [0.25, 0.3) is 0 Å². The minimum atomic E-state index is -0.962. The lowest BCUT2D eigenvalue weighted by Crippen LogP contribution is -2.49. The van der Waals surface area contributed by atoms with E-state index in [2.05, 4.69) is 84.1 Å². The van der Waals surface area contributed by atoms with Gasteiger partial charge in [0.15, 0.2) is 0 Å². The number of amides is 2. The second-order valence-electron chi connectivity index (χ2n) is 12.0. The van der Waals surface area contributed by atoms with Crippen molar-refractivity contribution in [1.29, 1.82) is 0 Å². The van der Waals surface area contributed by atoms with Crippen LogP contribution in [-0.2, 0) is 15.0 Å². The van der Waals surface area contributed by atoms with Crippen molar-refractivity contribution in [2.24, 2.45) is 0 Å². The summed E-state index contributed by atoms with van der Waals surface area (Å²) in [7, 11) is 0. The van der Waals surface area contributed by atoms with Crippen LogP contribution in [0.5, 0.6) is 11.5 Å². The molecule has 1 spiro atoms. The molecule has 0 saturated carbocycles. The summed E-state index contributed by atoms with van der Waals surface area (Å²) < 4.78 is 17.8. The minimum Gasteiger partial charge on any atom is -0.456 e. The summed E-state index contributed by atoms with van der Waals surface area (Å²) in [6.45, 7) is 16.6. The van der Waals surface area contributed by atoms with E-state index in [1.165, 1.54) is 0 Å². The van der Waals surface area contributed by atoms with Crippen molar-refractivity contribution in [2.45, 2.75) is 33.2 Å². The number of ether oxygens (including phenoxy) is 3. The summed E-state index contributed by atoms with van der Waals surface area (Å²) in [6, 6.07) is 20.5. The molecule has 10 heteroatoms. The largest absolute Gasteiger partial charge is 0.456 e. The second-order valence-corrected chi connectivity index (χ2v) is 12.0. The van der Waals surface area contributed by atoms with Gasteiger partial charge in [0.25, 0.3) is 5.91 Å². The number of carbonyl (C=O) groups is 2. The first kappa shape index (κ1) is 32.7. The molecule has 250 valence electrons. The Morgan fingerprint density at radius 3 is 2.02 bits per heavy atom. The highest BCUT2D eigenvalue weighted by Gasteiger charge is 2.56. The average Bonchev–Trinajstić information content (AvgIpc) is 3.34. The third-order valence-corrected chi connectivity index (χ3v) is 9.73. The third kappa shape index (κ3) is 6.00. The van der Waals surface area contributed by atoms with E-state index < -0.39 is 11.6 Å². The summed E-state index contributed by atoms with van der Waals surface area (Å²) in [5, 5.41) is 2.87. The van der Waals surface area contributed by atoms with Crippen LogP contribution in [0.2, 0.25) is 0 Å². The van der Waals surface area contributed by atoms with Crippen LogP contribution in [0.4, 0.5) is 16.2 Å². The Morgan fingerprint density at radius 2 is 1.43 bits per heavy atom. The van der Waals surface area contributed by atoms with Gasteiger partial charge >= 0.3 is 6.09 Å². The summed E-state index contributed by atoms with van der Waals surface area (Å²) >= 11 is 0. The topological polar surface area (TPSA) is 86.8 Å². The first-order chi connectivity index (χ1) is 23.0. The number of fused-ring (bicyclic) bond motifs is 6. The number of nitrogens with zero attached hydrogens (tertiary/aromatic N) is 4. The van der Waals surface area contributed by atoms with Crippen LogP contribution >= 0.6 is 0 Å². The average molecular weight is 642 g/mol. The van der Waals surface area contributed by atoms with Crippen molar-refractivity contribution in [3.63, 3.8) is 0 Å². The fraction of sp³-hybridized carbons (Fsp3) is 0.459. The number of morpholine rings is 1. The summed E-state index contributed by atoms with van der Waals surface area (Å²) in [6.07, 6.45) is -0.489. The molecule has 0 bridgehead atoms. The molecule has 3 aliphatic heterocycles. The minimum absolute atomic E-state index is 0.0471. The molecule has 3 aliphatic rings. The van der Waals surface area contributed by atoms with Crippen molar-refractivity contribution in [1.82, 2.24) is 15.1 Å². The summed E-state index contributed by atoms with van der Waals surface area (Å²) in [4.78, 5) is 35.8. The van der Waals surface area contributed by atoms with E-state index in [0.29, 0.717) is 25.3 Å². The number of alkyl carbamates (subject to hydrolysis) is 1. The zero-order valence-corrected chi connectivity index (χ0v) is 28.1. The molecule has 3 aromatic rings. The van der Waals surface area contributed by atoms with Gasteiger partial charge in [0.1, 0.15) is 23.6 Å². The Labute approximate surface area is 278 Å². The first-order valence-electron chi connectivity index (χ1n) is 17.0. The lowest BCUT2D eigenvalue weighted by Gasteiger charge is -2.44. The molecule has 0 radical (unpaired) electrons. The molecule has 47 heavy (non-hydrogen) atoms. The number of hydrogen-bond donors (Lipinski definition) is 1. The van der Waals surface area contributed by atoms with E-state index in [-0.39, 0.29) is 19.1 Å². The molecule has 2 amide bonds. The molecule has 3 aromatic carbocycles. The fourth-order valence-corrected chi connectivity index (χ4v) is 7.32. The molecule has 1 saturated heterocycles. The Hall–Kier alpha value is -4.28. The van der Waals surface area contributed by atoms with Crippen LogP contribution < -0.4 is 19.9 Å². The van der Waals surface area contributed by atoms with Crippen LogP contribution in [-0.4, -0.2) is 101 Å². The number of hydrogen-bond acceptors (Lipinski definition) is 8. The zero-order chi connectivity index (χ0) is 33.0. The maximum absolute atomic E-state index is 14.3. The van der Waals surface area contributed by atoms with Crippen molar-refractivity contribution in [3.8, 4) is 11.5 Å². The Kier molecular flexibility index (Phi) is 9.89. The van der Waals surface area contributed by atoms with Crippen molar-refractivity contribution in [3.05, 3.63) is 82.9 Å². The monoisotopic (exact) mass is 641 g/mol. The Morgan fingerprint density at radius 1 is 0.830 bits per heavy atom. The summed E-state index contributed by atoms with van der Waals surface area (Å²) in [5.41, 5.74) is 4.49. The standard InChI is InChI=1S/C37H47N5O5/c1-5-40(6-2)27-13-15-31-33(25-27)47-34-26-28(41(7-3)8-4)14-16-32(34)37(31)30-12-10-9-11-29(30)35(43)42(37)21-24-46-36(44)38-17-18-39-19-22-45-23-20-39/h9-16,25-26H,5-8,17-24H2,1-4H3,(H,38,44). The van der Waals surface area contributed by atoms with Crippen LogP contribution in [0.3, 0.4) is 0 Å². The highest BCUT2D eigenvalue weighted by Crippen LogP contribution is 2.58. The molecule has 0 unspecified atom stereocenters. The molecule has 1 fully saturated rings. The normalized spacial score (nSPS) is 16.3. The van der Waals surface area contributed by atoms with E-state index in [1.807, 2.05) is 29.2 Å². The fourth-order valence-electron chi connectivity index (χ4n) is 7.32. The Balaban J connectivity index is 1.36. The van der Waals surface area contributed by atoms with Crippen LogP contribution in [0, 0.1) is 0 Å². The molecular formula is C37H47N5O5. The first-order valence-corrected chi connectivity index (χ1v) is 17.0. The summed E-state index contributed by atoms with van der Waals surface area (Å²) in [5.74, 6) is 1.33. The maximum Gasteiger partial charge on any atom is 0.407 e. The highest BCUT2D eigenvalue weighted by molar-refractivity contribution is 6.02. The number of benzene rings is 3. The van der Waals surface area contributed by atoms with Crippen LogP contribution in [0.1, 0.15) is 54.7 Å². The SMILES string of the molecule is CCN(CC)c1ccc2c(c1)Oc1cc(N(CC)CC)ccc1C21c2ccccc2C(=O)N1CCOC(=O)NCCN1CCOCC1. The molecule has 1 N–H and O–H groups in total. The van der Waals surface area contributed by atoms with Gasteiger partial charge in [0.05, 0.1) is 19.8 Å². The lowest BCUT2D eigenvalue weighted by atomic mass is 9.74. The van der Waals surface area contributed by atoms with Crippen molar-refractivity contribution >= 4 is 23.4 Å². The smallest absolute Gasteiger partial charge is 0.407 e. The van der Waals surface area contributed by atoms with Crippen LogP contribution in [0.15, 0.2) is 60.7 Å². The molecule has 0 aromatic heterocycles. The van der Waals surface area contributed by atoms with Gasteiger partial charge in [-0.15, -0.1) is 0 Å². The molecular weight excluding hydrogens is 594 g/mol. The number of anilines is 2. The van der Waals surface area contributed by atoms with Gasteiger partial charge in [-0.2, -0.15) is 0 Å². The molecule has 10 nitrogen and oxygen atoms in total. The van der Waals surface area contributed by atoms with Crippen molar-refractivity contribution in [2.75, 3.05) is 88.5 Å². The van der Waals surface area contributed by atoms with Gasteiger partial charge in [-0.1, -0.05) is 30.3 Å². The molecule has 3 heterocycles. The van der Waals surface area contributed by atoms with Gasteiger partial charge in [0.2, 0.25) is 0 Å². The predicted octanol–water partition coefficient (Wildman–Crippen LogP) is 5.29. The molecule has 0 atom stereocenters. The predicted molar refractivity (Wildman–Crippen MR) is 184 cm³/mol.